The van der Waals surface area contributed by atoms with E-state index in [0.29, 0.717) is 0 Å². The van der Waals surface area contributed by atoms with Crippen LogP contribution in [0, 0.1) is 5.92 Å². The minimum absolute atomic E-state index is 0.290. The monoisotopic (exact) mass is 335 g/mol. The van der Waals surface area contributed by atoms with Crippen LogP contribution in [0.1, 0.15) is 41.5 Å². The number of thioether (sulfide) groups is 1. The minimum atomic E-state index is -0.995. The zero-order valence-corrected chi connectivity index (χ0v) is 14.7. The van der Waals surface area contributed by atoms with Crippen LogP contribution >= 0.6 is 11.8 Å². The molecule has 0 spiro atoms. The van der Waals surface area contributed by atoms with Crippen molar-refractivity contribution in [2.45, 2.75) is 58.4 Å². The first-order chi connectivity index (χ1) is 9.97. The molecule has 7 nitrogen and oxygen atoms in total. The lowest BCUT2D eigenvalue weighted by Crippen LogP contribution is -2.48. The van der Waals surface area contributed by atoms with Gasteiger partial charge in [-0.3, -0.25) is 9.59 Å². The molecule has 8 heteroatoms. The van der Waals surface area contributed by atoms with Gasteiger partial charge < -0.3 is 19.9 Å². The molecule has 0 aromatic rings. The molecule has 0 aliphatic heterocycles. The van der Waals surface area contributed by atoms with E-state index < -0.39 is 34.8 Å². The summed E-state index contributed by atoms with van der Waals surface area (Å²) >= 11 is 0.747. The van der Waals surface area contributed by atoms with Crippen LogP contribution in [0.15, 0.2) is 0 Å². The van der Waals surface area contributed by atoms with Crippen LogP contribution in [0.5, 0.6) is 0 Å². The van der Waals surface area contributed by atoms with Crippen LogP contribution in [-0.2, 0) is 23.8 Å². The van der Waals surface area contributed by atoms with Crippen molar-refractivity contribution in [1.29, 1.82) is 0 Å². The summed E-state index contributed by atoms with van der Waals surface area (Å²) < 4.78 is 13.6. The SMILES string of the molecule is CC(C)OC(=O)[C@H](N)C(C)(C)SC(=O)OCOC(=O)C(C)C. The predicted molar refractivity (Wildman–Crippen MR) is 83.2 cm³/mol. The van der Waals surface area contributed by atoms with E-state index in [4.69, 9.17) is 19.9 Å². The Bertz CT molecular complexity index is 408. The van der Waals surface area contributed by atoms with Gasteiger partial charge in [-0.05, 0) is 39.5 Å². The van der Waals surface area contributed by atoms with E-state index >= 15 is 0 Å². The van der Waals surface area contributed by atoms with Crippen LogP contribution in [-0.4, -0.2) is 40.9 Å². The van der Waals surface area contributed by atoms with Gasteiger partial charge in [-0.2, -0.15) is 0 Å². The van der Waals surface area contributed by atoms with Crippen molar-refractivity contribution in [3.63, 3.8) is 0 Å². The molecule has 0 heterocycles. The minimum Gasteiger partial charge on any atom is -0.462 e. The van der Waals surface area contributed by atoms with Gasteiger partial charge in [0.05, 0.1) is 12.0 Å². The number of rotatable bonds is 7. The maximum absolute atomic E-state index is 11.8. The molecule has 0 saturated heterocycles. The smallest absolute Gasteiger partial charge is 0.370 e. The Balaban J connectivity index is 4.36. The third-order valence-electron chi connectivity index (χ3n) is 2.55. The van der Waals surface area contributed by atoms with E-state index in [-0.39, 0.29) is 12.0 Å². The molecule has 0 saturated carbocycles. The summed E-state index contributed by atoms with van der Waals surface area (Å²) in [5.74, 6) is -1.36. The highest BCUT2D eigenvalue weighted by molar-refractivity contribution is 8.14. The van der Waals surface area contributed by atoms with Gasteiger partial charge in [-0.15, -0.1) is 0 Å². The molecular formula is C14H25NO6S. The van der Waals surface area contributed by atoms with Crippen LogP contribution in [0.3, 0.4) is 0 Å². The van der Waals surface area contributed by atoms with Crippen molar-refractivity contribution in [3.05, 3.63) is 0 Å². The lowest BCUT2D eigenvalue weighted by atomic mass is 10.0. The molecule has 0 bridgehead atoms. The van der Waals surface area contributed by atoms with Gasteiger partial charge >= 0.3 is 17.2 Å². The van der Waals surface area contributed by atoms with Crippen molar-refractivity contribution in [2.24, 2.45) is 11.7 Å². The third-order valence-corrected chi connectivity index (χ3v) is 3.62. The van der Waals surface area contributed by atoms with E-state index in [1.807, 2.05) is 0 Å². The Hall–Kier alpha value is -1.28. The largest absolute Gasteiger partial charge is 0.462 e. The highest BCUT2D eigenvalue weighted by atomic mass is 32.2. The summed E-state index contributed by atoms with van der Waals surface area (Å²) in [7, 11) is 0. The van der Waals surface area contributed by atoms with Gasteiger partial charge in [-0.1, -0.05) is 13.8 Å². The molecule has 128 valence electrons. The topological polar surface area (TPSA) is 105 Å². The maximum Gasteiger partial charge on any atom is 0.370 e. The molecule has 0 amide bonds. The Morgan fingerprint density at radius 2 is 1.59 bits per heavy atom. The highest BCUT2D eigenvalue weighted by Crippen LogP contribution is 2.29. The lowest BCUT2D eigenvalue weighted by molar-refractivity contribution is -0.155. The summed E-state index contributed by atoms with van der Waals surface area (Å²) in [6, 6.07) is -0.995. The first kappa shape index (κ1) is 20.7. The van der Waals surface area contributed by atoms with Crippen LogP contribution < -0.4 is 5.73 Å². The van der Waals surface area contributed by atoms with Crippen molar-refractivity contribution in [2.75, 3.05) is 6.79 Å². The van der Waals surface area contributed by atoms with Gasteiger partial charge in [0, 0.05) is 4.75 Å². The first-order valence-corrected chi connectivity index (χ1v) is 7.77. The quantitative estimate of drug-likeness (QED) is 0.557. The molecule has 0 aromatic carbocycles. The average molecular weight is 335 g/mol. The molecule has 0 fully saturated rings. The van der Waals surface area contributed by atoms with Gasteiger partial charge in [0.1, 0.15) is 6.04 Å². The molecule has 0 aromatic heterocycles. The average Bonchev–Trinajstić information content (AvgIpc) is 2.35. The predicted octanol–water partition coefficient (Wildman–Crippen LogP) is 2.07. The first-order valence-electron chi connectivity index (χ1n) is 6.95. The molecule has 0 rings (SSSR count). The number of carbonyl (C=O) groups excluding carboxylic acids is 3. The molecule has 1 atom stereocenters. The normalized spacial score (nSPS) is 13.0. The fourth-order valence-corrected chi connectivity index (χ4v) is 1.96. The summed E-state index contributed by atoms with van der Waals surface area (Å²) in [4.78, 5) is 34.7. The van der Waals surface area contributed by atoms with E-state index in [2.05, 4.69) is 0 Å². The zero-order chi connectivity index (χ0) is 17.5. The fraction of sp³-hybridized carbons (Fsp3) is 0.786. The molecule has 0 unspecified atom stereocenters. The van der Waals surface area contributed by atoms with Crippen molar-refractivity contribution < 1.29 is 28.6 Å². The number of ether oxygens (including phenoxy) is 3. The third kappa shape index (κ3) is 7.65. The molecule has 0 aliphatic carbocycles. The van der Waals surface area contributed by atoms with Gasteiger partial charge in [0.15, 0.2) is 0 Å². The Kier molecular flexibility index (Phi) is 8.47. The van der Waals surface area contributed by atoms with Crippen molar-refractivity contribution >= 4 is 29.0 Å². The van der Waals surface area contributed by atoms with Crippen molar-refractivity contribution in [3.8, 4) is 0 Å². The molecule has 0 radical (unpaired) electrons. The Morgan fingerprint density at radius 3 is 2.05 bits per heavy atom. The summed E-state index contributed by atoms with van der Waals surface area (Å²) in [5, 5.41) is -0.686. The number of carbonyl (C=O) groups is 3. The van der Waals surface area contributed by atoms with Crippen LogP contribution in [0.4, 0.5) is 4.79 Å². The van der Waals surface area contributed by atoms with Gasteiger partial charge in [-0.25, -0.2) is 4.79 Å². The van der Waals surface area contributed by atoms with Gasteiger partial charge in [0.2, 0.25) is 6.79 Å². The summed E-state index contributed by atoms with van der Waals surface area (Å²) in [6.45, 7) is 9.55. The summed E-state index contributed by atoms with van der Waals surface area (Å²) in [5.41, 5.74) is 5.82. The van der Waals surface area contributed by atoms with Gasteiger partial charge in [0.25, 0.3) is 0 Å². The number of esters is 2. The van der Waals surface area contributed by atoms with Crippen LogP contribution in [0.25, 0.3) is 0 Å². The Morgan fingerprint density at radius 1 is 1.05 bits per heavy atom. The van der Waals surface area contributed by atoms with E-state index in [1.165, 1.54) is 0 Å². The molecular weight excluding hydrogens is 310 g/mol. The number of nitrogens with two attached hydrogens (primary N) is 1. The number of hydrogen-bond donors (Lipinski definition) is 1. The van der Waals surface area contributed by atoms with E-state index in [9.17, 15) is 14.4 Å². The van der Waals surface area contributed by atoms with Crippen LogP contribution in [0.2, 0.25) is 0 Å². The fourth-order valence-electron chi connectivity index (χ4n) is 1.20. The second kappa shape index (κ2) is 8.99. The molecule has 22 heavy (non-hydrogen) atoms. The second-order valence-electron chi connectivity index (χ2n) is 5.80. The summed E-state index contributed by atoms with van der Waals surface area (Å²) in [6.07, 6.45) is -0.290. The standard InChI is InChI=1S/C14H25NO6S/c1-8(2)11(16)19-7-20-13(18)22-14(5,6)10(15)12(17)21-9(3)4/h8-10H,7,15H2,1-6H3/t10-/m0/s1. The van der Waals surface area contributed by atoms with Crippen molar-refractivity contribution in [1.82, 2.24) is 0 Å². The second-order valence-corrected chi connectivity index (χ2v) is 7.39. The van der Waals surface area contributed by atoms with E-state index in [0.717, 1.165) is 11.8 Å². The Labute approximate surface area is 135 Å². The van der Waals surface area contributed by atoms with E-state index in [1.54, 1.807) is 41.5 Å². The maximum atomic E-state index is 11.8. The number of hydrogen-bond acceptors (Lipinski definition) is 8. The lowest BCUT2D eigenvalue weighted by Gasteiger charge is -2.28. The molecule has 0 aliphatic rings. The zero-order valence-electron chi connectivity index (χ0n) is 13.9. The highest BCUT2D eigenvalue weighted by Gasteiger charge is 2.37. The molecule has 2 N–H and O–H groups in total.